The van der Waals surface area contributed by atoms with Gasteiger partial charge < -0.3 is 4.74 Å². The van der Waals surface area contributed by atoms with Crippen LogP contribution in [0.15, 0.2) is 6.07 Å². The van der Waals surface area contributed by atoms with Gasteiger partial charge in [-0.2, -0.15) is 13.2 Å². The summed E-state index contributed by atoms with van der Waals surface area (Å²) in [6.07, 6.45) is -4.74. The maximum absolute atomic E-state index is 13.3. The zero-order valence-corrected chi connectivity index (χ0v) is 9.15. The van der Waals surface area contributed by atoms with E-state index in [1.165, 1.54) is 0 Å². The molecule has 1 aromatic rings. The van der Waals surface area contributed by atoms with Crippen molar-refractivity contribution in [2.45, 2.75) is 25.1 Å². The highest BCUT2D eigenvalue weighted by molar-refractivity contribution is 5.90. The average molecular weight is 284 g/mol. The molecule has 0 unspecified atom stereocenters. The minimum absolute atomic E-state index is 0.0849. The van der Waals surface area contributed by atoms with Gasteiger partial charge in [0.2, 0.25) is 0 Å². The number of rotatable bonds is 2. The van der Waals surface area contributed by atoms with Crippen molar-refractivity contribution in [1.82, 2.24) is 0 Å². The van der Waals surface area contributed by atoms with Crippen LogP contribution in [0.1, 0.15) is 28.8 Å². The number of hydrogen-bond donors (Lipinski definition) is 0. The summed E-state index contributed by atoms with van der Waals surface area (Å²) in [6.45, 7) is 0. The fraction of sp³-hybridized carbons (Fsp3) is 0.364. The first-order chi connectivity index (χ1) is 8.71. The molecule has 0 amide bonds. The topological polar surface area (TPSA) is 26.3 Å². The van der Waals surface area contributed by atoms with Gasteiger partial charge in [0.25, 0.3) is 0 Å². The van der Waals surface area contributed by atoms with Gasteiger partial charge in [-0.05, 0) is 18.9 Å². The standard InChI is InChI=1S/C11H6F6O2/c12-7-5(10(18)19-4-1-2-4)3-6(11(15,16)17)8(13)9(7)14/h3-4H,1-2H2. The van der Waals surface area contributed by atoms with Crippen molar-refractivity contribution in [3.8, 4) is 0 Å². The minimum Gasteiger partial charge on any atom is -0.459 e. The first kappa shape index (κ1) is 13.7. The molecule has 0 heterocycles. The third kappa shape index (κ3) is 2.66. The van der Waals surface area contributed by atoms with Crippen LogP contribution in [0.4, 0.5) is 26.3 Å². The Labute approximate surface area is 103 Å². The fourth-order valence-electron chi connectivity index (χ4n) is 1.36. The molecule has 0 atom stereocenters. The molecule has 0 aromatic heterocycles. The number of benzene rings is 1. The number of esters is 1. The molecular weight excluding hydrogens is 278 g/mol. The average Bonchev–Trinajstić information content (AvgIpc) is 3.08. The Hall–Kier alpha value is -1.73. The van der Waals surface area contributed by atoms with Crippen LogP contribution < -0.4 is 0 Å². The molecule has 0 spiro atoms. The van der Waals surface area contributed by atoms with Gasteiger partial charge in [0.1, 0.15) is 6.10 Å². The van der Waals surface area contributed by atoms with Gasteiger partial charge in [-0.15, -0.1) is 0 Å². The molecule has 1 saturated carbocycles. The highest BCUT2D eigenvalue weighted by atomic mass is 19.4. The molecule has 2 nitrogen and oxygen atoms in total. The van der Waals surface area contributed by atoms with Gasteiger partial charge in [0.15, 0.2) is 17.5 Å². The smallest absolute Gasteiger partial charge is 0.419 e. The van der Waals surface area contributed by atoms with Crippen LogP contribution in [0.3, 0.4) is 0 Å². The summed E-state index contributed by atoms with van der Waals surface area (Å²) in [5.41, 5.74) is -3.31. The number of hydrogen-bond acceptors (Lipinski definition) is 2. The van der Waals surface area contributed by atoms with Crippen LogP contribution in [-0.2, 0) is 10.9 Å². The van der Waals surface area contributed by atoms with Crippen molar-refractivity contribution in [2.75, 3.05) is 0 Å². The number of carbonyl (C=O) groups is 1. The Bertz CT molecular complexity index is 533. The Morgan fingerprint density at radius 3 is 2.16 bits per heavy atom. The molecular formula is C11H6F6O2. The van der Waals surface area contributed by atoms with Gasteiger partial charge in [0.05, 0.1) is 11.1 Å². The Kier molecular flexibility index (Phi) is 3.19. The van der Waals surface area contributed by atoms with Crippen LogP contribution >= 0.6 is 0 Å². The van der Waals surface area contributed by atoms with Gasteiger partial charge in [0, 0.05) is 0 Å². The molecule has 0 aliphatic heterocycles. The second kappa shape index (κ2) is 4.43. The maximum atomic E-state index is 13.3. The Morgan fingerprint density at radius 1 is 1.11 bits per heavy atom. The van der Waals surface area contributed by atoms with Crippen molar-refractivity contribution in [3.05, 3.63) is 34.6 Å². The van der Waals surface area contributed by atoms with E-state index in [0.29, 0.717) is 12.8 Å². The van der Waals surface area contributed by atoms with Crippen LogP contribution in [0.25, 0.3) is 0 Å². The van der Waals surface area contributed by atoms with E-state index in [1.54, 1.807) is 0 Å². The summed E-state index contributed by atoms with van der Waals surface area (Å²) in [5.74, 6) is -8.16. The monoisotopic (exact) mass is 284 g/mol. The minimum atomic E-state index is -5.24. The molecule has 0 saturated heterocycles. The van der Waals surface area contributed by atoms with Crippen molar-refractivity contribution >= 4 is 5.97 Å². The number of ether oxygens (including phenoxy) is 1. The zero-order valence-electron chi connectivity index (χ0n) is 9.15. The first-order valence-electron chi connectivity index (χ1n) is 5.17. The van der Waals surface area contributed by atoms with E-state index in [1.807, 2.05) is 0 Å². The predicted molar refractivity (Wildman–Crippen MR) is 49.8 cm³/mol. The molecule has 8 heteroatoms. The molecule has 1 aromatic carbocycles. The van der Waals surface area contributed by atoms with Gasteiger partial charge in [-0.1, -0.05) is 0 Å². The van der Waals surface area contributed by atoms with Crippen LogP contribution in [-0.4, -0.2) is 12.1 Å². The van der Waals surface area contributed by atoms with E-state index in [4.69, 9.17) is 0 Å². The second-order valence-corrected chi connectivity index (χ2v) is 4.02. The zero-order chi connectivity index (χ0) is 14.4. The summed E-state index contributed by atoms with van der Waals surface area (Å²) < 4.78 is 81.0. The lowest BCUT2D eigenvalue weighted by Gasteiger charge is -2.11. The second-order valence-electron chi connectivity index (χ2n) is 4.02. The molecule has 1 aliphatic carbocycles. The molecule has 1 aliphatic rings. The normalized spacial score (nSPS) is 15.5. The molecule has 104 valence electrons. The first-order valence-corrected chi connectivity index (χ1v) is 5.17. The third-order valence-corrected chi connectivity index (χ3v) is 2.47. The summed E-state index contributed by atoms with van der Waals surface area (Å²) in [6, 6.07) is -0.0849. The molecule has 0 N–H and O–H groups in total. The summed E-state index contributed by atoms with van der Waals surface area (Å²) in [5, 5.41) is 0. The van der Waals surface area contributed by atoms with Crippen LogP contribution in [0.2, 0.25) is 0 Å². The van der Waals surface area contributed by atoms with E-state index >= 15 is 0 Å². The highest BCUT2D eigenvalue weighted by Gasteiger charge is 2.39. The lowest BCUT2D eigenvalue weighted by Crippen LogP contribution is -2.17. The van der Waals surface area contributed by atoms with E-state index < -0.39 is 46.8 Å². The fourth-order valence-corrected chi connectivity index (χ4v) is 1.36. The van der Waals surface area contributed by atoms with E-state index in [2.05, 4.69) is 4.74 Å². The maximum Gasteiger partial charge on any atom is 0.419 e. The van der Waals surface area contributed by atoms with Crippen LogP contribution in [0.5, 0.6) is 0 Å². The van der Waals surface area contributed by atoms with Crippen molar-refractivity contribution in [1.29, 1.82) is 0 Å². The lowest BCUT2D eigenvalue weighted by molar-refractivity contribution is -0.140. The summed E-state index contributed by atoms with van der Waals surface area (Å²) in [4.78, 5) is 11.3. The molecule has 2 rings (SSSR count). The van der Waals surface area contributed by atoms with Gasteiger partial charge >= 0.3 is 12.1 Å². The van der Waals surface area contributed by atoms with Gasteiger partial charge in [-0.25, -0.2) is 18.0 Å². The van der Waals surface area contributed by atoms with E-state index in [0.717, 1.165) is 0 Å². The molecule has 0 radical (unpaired) electrons. The van der Waals surface area contributed by atoms with Crippen LogP contribution in [0, 0.1) is 17.5 Å². The SMILES string of the molecule is O=C(OC1CC1)c1cc(C(F)(F)F)c(F)c(F)c1F. The predicted octanol–water partition coefficient (Wildman–Crippen LogP) is 3.44. The number of carbonyl (C=O) groups excluding carboxylic acids is 1. The van der Waals surface area contributed by atoms with E-state index in [-0.39, 0.29) is 6.07 Å². The summed E-state index contributed by atoms with van der Waals surface area (Å²) >= 11 is 0. The van der Waals surface area contributed by atoms with Crippen molar-refractivity contribution in [3.63, 3.8) is 0 Å². The molecule has 19 heavy (non-hydrogen) atoms. The summed E-state index contributed by atoms with van der Waals surface area (Å²) in [7, 11) is 0. The highest BCUT2D eigenvalue weighted by Crippen LogP contribution is 2.35. The largest absolute Gasteiger partial charge is 0.459 e. The molecule has 0 bridgehead atoms. The number of halogens is 6. The van der Waals surface area contributed by atoms with Crippen molar-refractivity contribution < 1.29 is 35.9 Å². The Morgan fingerprint density at radius 2 is 1.68 bits per heavy atom. The third-order valence-electron chi connectivity index (χ3n) is 2.47. The van der Waals surface area contributed by atoms with E-state index in [9.17, 15) is 31.1 Å². The van der Waals surface area contributed by atoms with Gasteiger partial charge in [-0.3, -0.25) is 0 Å². The quantitative estimate of drug-likeness (QED) is 0.472. The lowest BCUT2D eigenvalue weighted by atomic mass is 10.1. The number of alkyl halides is 3. The Balaban J connectivity index is 2.48. The van der Waals surface area contributed by atoms with Crippen molar-refractivity contribution in [2.24, 2.45) is 0 Å². The molecule has 1 fully saturated rings.